The lowest BCUT2D eigenvalue weighted by molar-refractivity contribution is -0.137. The number of carbonyl (C=O) groups is 1. The van der Waals surface area contributed by atoms with Gasteiger partial charge in [-0.25, -0.2) is 0 Å². The molecule has 5 heteroatoms. The van der Waals surface area contributed by atoms with Gasteiger partial charge in [-0.2, -0.15) is 0 Å². The number of aryl methyl sites for hydroxylation is 2. The lowest BCUT2D eigenvalue weighted by Gasteiger charge is -2.30. The Morgan fingerprint density at radius 3 is 2.45 bits per heavy atom. The zero-order valence-corrected chi connectivity index (χ0v) is 13.4. The normalized spacial score (nSPS) is 13.3. The third kappa shape index (κ3) is 4.34. The van der Waals surface area contributed by atoms with Crippen LogP contribution < -0.4 is 0 Å². The Bertz CT molecular complexity index is 441. The number of aliphatic hydroxyl groups is 1. The summed E-state index contributed by atoms with van der Waals surface area (Å²) in [5, 5.41) is 13.8. The van der Waals surface area contributed by atoms with E-state index in [1.54, 1.807) is 18.7 Å². The zero-order chi connectivity index (χ0) is 15.5. The Kier molecular flexibility index (Phi) is 5.34. The molecule has 0 aliphatic heterocycles. The van der Waals surface area contributed by atoms with Gasteiger partial charge in [0, 0.05) is 24.6 Å². The van der Waals surface area contributed by atoms with E-state index in [4.69, 9.17) is 4.52 Å². The van der Waals surface area contributed by atoms with Gasteiger partial charge in [0.05, 0.1) is 11.3 Å². The van der Waals surface area contributed by atoms with Gasteiger partial charge < -0.3 is 14.5 Å². The molecule has 1 aromatic rings. The molecule has 114 valence electrons. The average Bonchev–Trinajstić information content (AvgIpc) is 2.65. The number of hydrogen-bond acceptors (Lipinski definition) is 4. The van der Waals surface area contributed by atoms with Crippen molar-refractivity contribution in [3.05, 3.63) is 17.0 Å². The number of amides is 1. The highest BCUT2D eigenvalue weighted by atomic mass is 16.5. The van der Waals surface area contributed by atoms with Crippen molar-refractivity contribution in [2.24, 2.45) is 5.92 Å². The summed E-state index contributed by atoms with van der Waals surface area (Å²) in [5.74, 6) is 0.663. The van der Waals surface area contributed by atoms with Crippen LogP contribution in [-0.4, -0.2) is 39.8 Å². The highest BCUT2D eigenvalue weighted by molar-refractivity contribution is 5.79. The maximum absolute atomic E-state index is 12.5. The van der Waals surface area contributed by atoms with E-state index in [1.807, 2.05) is 27.7 Å². The maximum Gasteiger partial charge on any atom is 0.225 e. The van der Waals surface area contributed by atoms with Gasteiger partial charge in [0.15, 0.2) is 0 Å². The minimum atomic E-state index is -0.881. The first kappa shape index (κ1) is 16.7. The molecule has 0 aromatic carbocycles. The van der Waals surface area contributed by atoms with Crippen LogP contribution in [0.2, 0.25) is 0 Å². The lowest BCUT2D eigenvalue weighted by atomic mass is 9.98. The Balaban J connectivity index is 2.75. The van der Waals surface area contributed by atoms with Crippen molar-refractivity contribution >= 4 is 5.91 Å². The molecule has 1 heterocycles. The molecule has 1 rings (SSSR count). The zero-order valence-electron chi connectivity index (χ0n) is 13.4. The Hall–Kier alpha value is -1.36. The second-order valence-corrected chi connectivity index (χ2v) is 6.07. The standard InChI is InChI=1S/C15H26N2O3/c1-7-17(9-15(5,6)19)14(18)10(2)8-13-11(3)16-20-12(13)4/h10,19H,7-9H2,1-6H3. The number of hydrogen-bond donors (Lipinski definition) is 1. The summed E-state index contributed by atoms with van der Waals surface area (Å²) in [7, 11) is 0. The molecule has 0 aliphatic carbocycles. The number of nitrogens with zero attached hydrogens (tertiary/aromatic N) is 2. The molecular formula is C15H26N2O3. The molecule has 0 aliphatic rings. The van der Waals surface area contributed by atoms with Crippen LogP contribution in [0.15, 0.2) is 4.52 Å². The lowest BCUT2D eigenvalue weighted by Crippen LogP contribution is -2.44. The fourth-order valence-corrected chi connectivity index (χ4v) is 2.31. The number of likely N-dealkylation sites (N-methyl/N-ethyl adjacent to an activating group) is 1. The molecular weight excluding hydrogens is 256 g/mol. The molecule has 0 fully saturated rings. The maximum atomic E-state index is 12.5. The van der Waals surface area contributed by atoms with E-state index in [2.05, 4.69) is 5.16 Å². The minimum Gasteiger partial charge on any atom is -0.389 e. The first-order chi connectivity index (χ1) is 9.15. The minimum absolute atomic E-state index is 0.0506. The molecule has 0 radical (unpaired) electrons. The van der Waals surface area contributed by atoms with Crippen molar-refractivity contribution in [3.63, 3.8) is 0 Å². The number of aromatic nitrogens is 1. The summed E-state index contributed by atoms with van der Waals surface area (Å²) in [5.41, 5.74) is 0.965. The molecule has 0 spiro atoms. The van der Waals surface area contributed by atoms with Crippen LogP contribution in [0.5, 0.6) is 0 Å². The van der Waals surface area contributed by atoms with E-state index >= 15 is 0 Å². The third-order valence-electron chi connectivity index (χ3n) is 3.38. The fraction of sp³-hybridized carbons (Fsp3) is 0.733. The SMILES string of the molecule is CCN(CC(C)(C)O)C(=O)C(C)Cc1c(C)noc1C. The highest BCUT2D eigenvalue weighted by Gasteiger charge is 2.26. The van der Waals surface area contributed by atoms with Gasteiger partial charge in [0.25, 0.3) is 0 Å². The van der Waals surface area contributed by atoms with Crippen LogP contribution in [0.25, 0.3) is 0 Å². The van der Waals surface area contributed by atoms with Gasteiger partial charge in [-0.3, -0.25) is 4.79 Å². The largest absolute Gasteiger partial charge is 0.389 e. The van der Waals surface area contributed by atoms with E-state index in [-0.39, 0.29) is 11.8 Å². The molecule has 1 amide bonds. The number of carbonyl (C=O) groups excluding carboxylic acids is 1. The molecule has 5 nitrogen and oxygen atoms in total. The van der Waals surface area contributed by atoms with Crippen LogP contribution in [-0.2, 0) is 11.2 Å². The molecule has 1 unspecified atom stereocenters. The second-order valence-electron chi connectivity index (χ2n) is 6.07. The topological polar surface area (TPSA) is 66.6 Å². The number of rotatable bonds is 6. The molecule has 0 saturated heterocycles. The molecule has 1 atom stereocenters. The molecule has 1 aromatic heterocycles. The van der Waals surface area contributed by atoms with Gasteiger partial charge in [0.1, 0.15) is 5.76 Å². The monoisotopic (exact) mass is 282 g/mol. The summed E-state index contributed by atoms with van der Waals surface area (Å²) >= 11 is 0. The summed E-state index contributed by atoms with van der Waals surface area (Å²) in [6, 6.07) is 0. The van der Waals surface area contributed by atoms with Gasteiger partial charge >= 0.3 is 0 Å². The van der Waals surface area contributed by atoms with E-state index in [0.29, 0.717) is 19.5 Å². The van der Waals surface area contributed by atoms with Gasteiger partial charge in [-0.05, 0) is 41.0 Å². The summed E-state index contributed by atoms with van der Waals surface area (Å²) in [6.45, 7) is 11.9. The molecule has 1 N–H and O–H groups in total. The van der Waals surface area contributed by atoms with Crippen molar-refractivity contribution in [2.45, 2.75) is 53.6 Å². The van der Waals surface area contributed by atoms with Crippen LogP contribution in [0.1, 0.15) is 44.7 Å². The van der Waals surface area contributed by atoms with Crippen molar-refractivity contribution in [1.82, 2.24) is 10.1 Å². The molecule has 0 saturated carbocycles. The van der Waals surface area contributed by atoms with Crippen molar-refractivity contribution in [2.75, 3.05) is 13.1 Å². The van der Waals surface area contributed by atoms with Gasteiger partial charge in [-0.15, -0.1) is 0 Å². The summed E-state index contributed by atoms with van der Waals surface area (Å²) < 4.78 is 5.13. The Morgan fingerprint density at radius 2 is 2.05 bits per heavy atom. The quantitative estimate of drug-likeness (QED) is 0.867. The van der Waals surface area contributed by atoms with E-state index < -0.39 is 5.60 Å². The van der Waals surface area contributed by atoms with Crippen LogP contribution >= 0.6 is 0 Å². The van der Waals surface area contributed by atoms with Crippen LogP contribution in [0.4, 0.5) is 0 Å². The van der Waals surface area contributed by atoms with Crippen LogP contribution in [0, 0.1) is 19.8 Å². The smallest absolute Gasteiger partial charge is 0.225 e. The summed E-state index contributed by atoms with van der Waals surface area (Å²) in [4.78, 5) is 14.2. The Morgan fingerprint density at radius 1 is 1.45 bits per heavy atom. The Labute approximate surface area is 120 Å². The first-order valence-electron chi connectivity index (χ1n) is 7.08. The summed E-state index contributed by atoms with van der Waals surface area (Å²) in [6.07, 6.45) is 0.613. The van der Waals surface area contributed by atoms with E-state index in [0.717, 1.165) is 17.0 Å². The second kappa shape index (κ2) is 6.39. The van der Waals surface area contributed by atoms with Crippen molar-refractivity contribution in [3.8, 4) is 0 Å². The third-order valence-corrected chi connectivity index (χ3v) is 3.38. The van der Waals surface area contributed by atoms with Crippen molar-refractivity contribution in [1.29, 1.82) is 0 Å². The van der Waals surface area contributed by atoms with Gasteiger partial charge in [0.2, 0.25) is 5.91 Å². The fourth-order valence-electron chi connectivity index (χ4n) is 2.31. The van der Waals surface area contributed by atoms with Crippen LogP contribution in [0.3, 0.4) is 0 Å². The van der Waals surface area contributed by atoms with E-state index in [9.17, 15) is 9.90 Å². The average molecular weight is 282 g/mol. The van der Waals surface area contributed by atoms with E-state index in [1.165, 1.54) is 0 Å². The molecule has 0 bridgehead atoms. The van der Waals surface area contributed by atoms with Crippen molar-refractivity contribution < 1.29 is 14.4 Å². The predicted molar refractivity (Wildman–Crippen MR) is 77.4 cm³/mol. The van der Waals surface area contributed by atoms with Gasteiger partial charge in [-0.1, -0.05) is 12.1 Å². The first-order valence-corrected chi connectivity index (χ1v) is 7.08. The highest BCUT2D eigenvalue weighted by Crippen LogP contribution is 2.19. The molecule has 20 heavy (non-hydrogen) atoms. The predicted octanol–water partition coefficient (Wildman–Crippen LogP) is 2.09.